The lowest BCUT2D eigenvalue weighted by Gasteiger charge is -2.11. The Morgan fingerprint density at radius 2 is 2.00 bits per heavy atom. The second-order valence-electron chi connectivity index (χ2n) is 3.31. The van der Waals surface area contributed by atoms with Crippen molar-refractivity contribution in [3.8, 4) is 5.75 Å². The summed E-state index contributed by atoms with van der Waals surface area (Å²) in [5.41, 5.74) is 1.98. The fourth-order valence-corrected chi connectivity index (χ4v) is 2.88. The summed E-state index contributed by atoms with van der Waals surface area (Å²) in [6.07, 6.45) is 0. The molecule has 0 aromatic heterocycles. The minimum atomic E-state index is -3.66. The second kappa shape index (κ2) is 4.31. The third kappa shape index (κ3) is 3.09. The summed E-state index contributed by atoms with van der Waals surface area (Å²) >= 11 is 3.15. The number of aromatic hydroxyl groups is 1. The number of aryl methyl sites for hydroxylation is 1. The average Bonchev–Trinajstić information content (AvgIpc) is 2.08. The SMILES string of the molecule is Cc1cc(Br)c(O)c(CS(=O)(=O)Cl)c1C. The molecule has 3 nitrogen and oxygen atoms in total. The molecule has 0 aliphatic heterocycles. The van der Waals surface area contributed by atoms with E-state index in [2.05, 4.69) is 15.9 Å². The molecule has 0 radical (unpaired) electrons. The molecule has 0 amide bonds. The van der Waals surface area contributed by atoms with E-state index < -0.39 is 9.05 Å². The number of hydrogen-bond acceptors (Lipinski definition) is 3. The summed E-state index contributed by atoms with van der Waals surface area (Å²) in [5, 5.41) is 9.70. The smallest absolute Gasteiger partial charge is 0.236 e. The number of benzene rings is 1. The summed E-state index contributed by atoms with van der Waals surface area (Å²) < 4.78 is 22.4. The molecule has 0 saturated heterocycles. The van der Waals surface area contributed by atoms with E-state index in [1.165, 1.54) is 0 Å². The van der Waals surface area contributed by atoms with Gasteiger partial charge in [0.2, 0.25) is 9.05 Å². The van der Waals surface area contributed by atoms with Crippen LogP contribution in [0.2, 0.25) is 0 Å². The van der Waals surface area contributed by atoms with Gasteiger partial charge in [0.1, 0.15) is 5.75 Å². The summed E-state index contributed by atoms with van der Waals surface area (Å²) in [6, 6.07) is 1.73. The molecule has 0 unspecified atom stereocenters. The molecule has 1 N–H and O–H groups in total. The van der Waals surface area contributed by atoms with E-state index in [1.54, 1.807) is 13.0 Å². The van der Waals surface area contributed by atoms with Gasteiger partial charge < -0.3 is 5.11 Å². The van der Waals surface area contributed by atoms with Crippen LogP contribution in [0, 0.1) is 13.8 Å². The summed E-state index contributed by atoms with van der Waals surface area (Å²) in [6.45, 7) is 3.59. The lowest BCUT2D eigenvalue weighted by Crippen LogP contribution is -2.00. The van der Waals surface area contributed by atoms with Gasteiger partial charge >= 0.3 is 0 Å². The Hall–Kier alpha value is -0.260. The third-order valence-corrected chi connectivity index (χ3v) is 3.78. The molecule has 1 aromatic carbocycles. The topological polar surface area (TPSA) is 54.4 Å². The highest BCUT2D eigenvalue weighted by Crippen LogP contribution is 2.34. The van der Waals surface area contributed by atoms with Gasteiger partial charge in [0.05, 0.1) is 10.2 Å². The highest BCUT2D eigenvalue weighted by molar-refractivity contribution is 9.10. The Morgan fingerprint density at radius 3 is 2.47 bits per heavy atom. The number of halogens is 2. The average molecular weight is 314 g/mol. The molecule has 0 aliphatic carbocycles. The van der Waals surface area contributed by atoms with Crippen molar-refractivity contribution < 1.29 is 13.5 Å². The van der Waals surface area contributed by atoms with Crippen molar-refractivity contribution in [3.63, 3.8) is 0 Å². The van der Waals surface area contributed by atoms with E-state index in [0.29, 0.717) is 10.0 Å². The van der Waals surface area contributed by atoms with Gasteiger partial charge in [-0.1, -0.05) is 0 Å². The van der Waals surface area contributed by atoms with Crippen molar-refractivity contribution in [1.82, 2.24) is 0 Å². The first-order valence-electron chi connectivity index (χ1n) is 4.12. The van der Waals surface area contributed by atoms with E-state index in [0.717, 1.165) is 11.1 Å². The van der Waals surface area contributed by atoms with Crippen molar-refractivity contribution in [2.75, 3.05) is 0 Å². The minimum absolute atomic E-state index is 0.0673. The van der Waals surface area contributed by atoms with Crippen molar-refractivity contribution in [2.24, 2.45) is 0 Å². The van der Waals surface area contributed by atoms with Gasteiger partial charge in [-0.15, -0.1) is 0 Å². The molecule has 0 heterocycles. The number of hydrogen-bond donors (Lipinski definition) is 1. The minimum Gasteiger partial charge on any atom is -0.506 e. The Bertz CT molecular complexity index is 470. The van der Waals surface area contributed by atoms with Crippen LogP contribution < -0.4 is 0 Å². The Balaban J connectivity index is 3.40. The van der Waals surface area contributed by atoms with Crippen molar-refractivity contribution in [2.45, 2.75) is 19.6 Å². The zero-order valence-electron chi connectivity index (χ0n) is 8.21. The van der Waals surface area contributed by atoms with Gasteiger partial charge in [0.25, 0.3) is 0 Å². The Kier molecular flexibility index (Phi) is 3.68. The van der Waals surface area contributed by atoms with Gasteiger partial charge in [-0.25, -0.2) is 8.42 Å². The van der Waals surface area contributed by atoms with Crippen molar-refractivity contribution in [1.29, 1.82) is 0 Å². The van der Waals surface area contributed by atoms with E-state index in [4.69, 9.17) is 10.7 Å². The lowest BCUT2D eigenvalue weighted by molar-refractivity contribution is 0.465. The van der Waals surface area contributed by atoms with Gasteiger partial charge in [-0.05, 0) is 47.0 Å². The maximum atomic E-state index is 11.0. The highest BCUT2D eigenvalue weighted by atomic mass is 79.9. The third-order valence-electron chi connectivity index (χ3n) is 2.22. The molecule has 0 aliphatic rings. The molecule has 15 heavy (non-hydrogen) atoms. The van der Waals surface area contributed by atoms with Crippen molar-refractivity contribution >= 4 is 35.7 Å². The first-order valence-corrected chi connectivity index (χ1v) is 7.39. The zero-order valence-corrected chi connectivity index (χ0v) is 11.4. The molecule has 1 aromatic rings. The first kappa shape index (κ1) is 12.8. The summed E-state index contributed by atoms with van der Waals surface area (Å²) in [4.78, 5) is 0. The molecule has 0 spiro atoms. The quantitative estimate of drug-likeness (QED) is 0.854. The monoisotopic (exact) mass is 312 g/mol. The largest absolute Gasteiger partial charge is 0.506 e. The fourth-order valence-electron chi connectivity index (χ4n) is 1.28. The van der Waals surface area contributed by atoms with Gasteiger partial charge in [0, 0.05) is 16.2 Å². The van der Waals surface area contributed by atoms with Crippen LogP contribution in [0.5, 0.6) is 5.75 Å². The van der Waals surface area contributed by atoms with Crippen LogP contribution in [-0.4, -0.2) is 13.5 Å². The van der Waals surface area contributed by atoms with Gasteiger partial charge in [-0.2, -0.15) is 0 Å². The van der Waals surface area contributed by atoms with Crippen LogP contribution in [0.3, 0.4) is 0 Å². The van der Waals surface area contributed by atoms with E-state index in [1.807, 2.05) is 6.92 Å². The molecular weight excluding hydrogens is 304 g/mol. The number of rotatable bonds is 2. The highest BCUT2D eigenvalue weighted by Gasteiger charge is 2.17. The first-order chi connectivity index (χ1) is 6.72. The molecule has 0 saturated carbocycles. The summed E-state index contributed by atoms with van der Waals surface area (Å²) in [7, 11) is 1.50. The molecule has 1 rings (SSSR count). The lowest BCUT2D eigenvalue weighted by atomic mass is 10.0. The van der Waals surface area contributed by atoms with Crippen LogP contribution in [0.15, 0.2) is 10.5 Å². The molecule has 0 fully saturated rings. The van der Waals surface area contributed by atoms with Crippen LogP contribution in [0.4, 0.5) is 0 Å². The molecule has 0 atom stereocenters. The number of phenolic OH excluding ortho intramolecular Hbond substituents is 1. The maximum absolute atomic E-state index is 11.0. The fraction of sp³-hybridized carbons (Fsp3) is 0.333. The van der Waals surface area contributed by atoms with Crippen LogP contribution >= 0.6 is 26.6 Å². The van der Waals surface area contributed by atoms with Crippen LogP contribution in [-0.2, 0) is 14.8 Å². The van der Waals surface area contributed by atoms with E-state index in [-0.39, 0.29) is 11.5 Å². The summed E-state index contributed by atoms with van der Waals surface area (Å²) in [5.74, 6) is -0.436. The Morgan fingerprint density at radius 1 is 1.47 bits per heavy atom. The molecular formula is C9H10BrClO3S. The molecule has 0 bridgehead atoms. The normalized spacial score (nSPS) is 11.7. The van der Waals surface area contributed by atoms with E-state index in [9.17, 15) is 13.5 Å². The van der Waals surface area contributed by atoms with Crippen molar-refractivity contribution in [3.05, 3.63) is 27.2 Å². The predicted octanol–water partition coefficient (Wildman–Crippen LogP) is 2.84. The number of phenols is 1. The van der Waals surface area contributed by atoms with Crippen LogP contribution in [0.25, 0.3) is 0 Å². The molecule has 84 valence electrons. The van der Waals surface area contributed by atoms with Gasteiger partial charge in [-0.3, -0.25) is 0 Å². The Labute approximate surface area is 102 Å². The maximum Gasteiger partial charge on any atom is 0.236 e. The van der Waals surface area contributed by atoms with E-state index >= 15 is 0 Å². The van der Waals surface area contributed by atoms with Gasteiger partial charge in [0.15, 0.2) is 0 Å². The van der Waals surface area contributed by atoms with Crippen LogP contribution in [0.1, 0.15) is 16.7 Å². The predicted molar refractivity (Wildman–Crippen MR) is 63.8 cm³/mol. The second-order valence-corrected chi connectivity index (χ2v) is 6.94. The zero-order chi connectivity index (χ0) is 11.8. The standard InChI is InChI=1S/C9H10BrClO3S/c1-5-3-8(10)9(12)7(6(5)2)4-15(11,13)14/h3,12H,4H2,1-2H3. The molecule has 6 heteroatoms.